The fourth-order valence-electron chi connectivity index (χ4n) is 0.680. The third kappa shape index (κ3) is 3.48. The molecule has 0 atom stereocenters. The number of urea groups is 1. The SMILES string of the molecule is O=C(O)CNC(=O)Nc1cnccn1. The Morgan fingerprint density at radius 2 is 2.21 bits per heavy atom. The maximum absolute atomic E-state index is 11.0. The summed E-state index contributed by atoms with van der Waals surface area (Å²) in [4.78, 5) is 28.5. The maximum Gasteiger partial charge on any atom is 0.323 e. The van der Waals surface area contributed by atoms with Gasteiger partial charge in [0.05, 0.1) is 6.20 Å². The first-order chi connectivity index (χ1) is 6.68. The van der Waals surface area contributed by atoms with E-state index in [1.165, 1.54) is 18.6 Å². The van der Waals surface area contributed by atoms with E-state index in [2.05, 4.69) is 20.6 Å². The van der Waals surface area contributed by atoms with Crippen molar-refractivity contribution in [2.45, 2.75) is 0 Å². The van der Waals surface area contributed by atoms with E-state index >= 15 is 0 Å². The number of rotatable bonds is 3. The summed E-state index contributed by atoms with van der Waals surface area (Å²) >= 11 is 0. The van der Waals surface area contributed by atoms with Crippen LogP contribution in [0.15, 0.2) is 18.6 Å². The smallest absolute Gasteiger partial charge is 0.323 e. The van der Waals surface area contributed by atoms with E-state index in [0.29, 0.717) is 0 Å². The molecule has 1 aromatic heterocycles. The molecule has 0 aliphatic carbocycles. The first kappa shape index (κ1) is 9.90. The van der Waals surface area contributed by atoms with Crippen LogP contribution in [0.5, 0.6) is 0 Å². The van der Waals surface area contributed by atoms with E-state index in [1.807, 2.05) is 0 Å². The molecule has 74 valence electrons. The fourth-order valence-corrected chi connectivity index (χ4v) is 0.680. The van der Waals surface area contributed by atoms with Gasteiger partial charge < -0.3 is 10.4 Å². The van der Waals surface area contributed by atoms with Gasteiger partial charge in [0.25, 0.3) is 0 Å². The highest BCUT2D eigenvalue weighted by Gasteiger charge is 2.03. The first-order valence-electron chi connectivity index (χ1n) is 3.71. The second-order valence-corrected chi connectivity index (χ2v) is 2.29. The van der Waals surface area contributed by atoms with Crippen LogP contribution in [0.1, 0.15) is 0 Å². The van der Waals surface area contributed by atoms with Crippen LogP contribution in [0.2, 0.25) is 0 Å². The summed E-state index contributed by atoms with van der Waals surface area (Å²) < 4.78 is 0. The van der Waals surface area contributed by atoms with Crippen molar-refractivity contribution < 1.29 is 14.7 Å². The molecule has 2 amide bonds. The number of amides is 2. The molecule has 0 saturated heterocycles. The molecular formula is C7H8N4O3. The Labute approximate surface area is 79.2 Å². The minimum atomic E-state index is -1.11. The van der Waals surface area contributed by atoms with Gasteiger partial charge in [-0.2, -0.15) is 0 Å². The number of carboxylic acids is 1. The third-order valence-electron chi connectivity index (χ3n) is 1.20. The highest BCUT2D eigenvalue weighted by Crippen LogP contribution is 1.95. The molecule has 0 saturated carbocycles. The lowest BCUT2D eigenvalue weighted by Crippen LogP contribution is -2.33. The van der Waals surface area contributed by atoms with Crippen LogP contribution in [-0.4, -0.2) is 33.6 Å². The monoisotopic (exact) mass is 196 g/mol. The summed E-state index contributed by atoms with van der Waals surface area (Å²) in [5.74, 6) is -0.852. The Kier molecular flexibility index (Phi) is 3.36. The van der Waals surface area contributed by atoms with Crippen LogP contribution < -0.4 is 10.6 Å². The molecule has 0 fully saturated rings. The molecular weight excluding hydrogens is 188 g/mol. The van der Waals surface area contributed by atoms with E-state index < -0.39 is 18.5 Å². The predicted molar refractivity (Wildman–Crippen MR) is 46.7 cm³/mol. The molecule has 0 spiro atoms. The van der Waals surface area contributed by atoms with Gasteiger partial charge in [0.15, 0.2) is 5.82 Å². The van der Waals surface area contributed by atoms with Crippen molar-refractivity contribution in [1.29, 1.82) is 0 Å². The Morgan fingerprint density at radius 3 is 2.79 bits per heavy atom. The van der Waals surface area contributed by atoms with Gasteiger partial charge in [0.2, 0.25) is 0 Å². The van der Waals surface area contributed by atoms with E-state index in [4.69, 9.17) is 5.11 Å². The van der Waals surface area contributed by atoms with Gasteiger partial charge in [0.1, 0.15) is 6.54 Å². The second-order valence-electron chi connectivity index (χ2n) is 2.29. The molecule has 7 heteroatoms. The number of nitrogens with zero attached hydrogens (tertiary/aromatic N) is 2. The van der Waals surface area contributed by atoms with E-state index in [0.717, 1.165) is 0 Å². The lowest BCUT2D eigenvalue weighted by molar-refractivity contribution is -0.135. The van der Waals surface area contributed by atoms with Crippen molar-refractivity contribution in [2.24, 2.45) is 0 Å². The number of nitrogens with one attached hydrogen (secondary N) is 2. The van der Waals surface area contributed by atoms with Crippen LogP contribution in [-0.2, 0) is 4.79 Å². The van der Waals surface area contributed by atoms with Gasteiger partial charge in [0, 0.05) is 12.4 Å². The standard InChI is InChI=1S/C7H8N4O3/c12-6(13)4-10-7(14)11-5-3-8-1-2-9-5/h1-3H,4H2,(H,12,13)(H2,9,10,11,14). The molecule has 0 aliphatic heterocycles. The molecule has 1 heterocycles. The number of carbonyl (C=O) groups is 2. The molecule has 0 radical (unpaired) electrons. The first-order valence-corrected chi connectivity index (χ1v) is 3.71. The minimum absolute atomic E-state index is 0.260. The molecule has 0 aromatic carbocycles. The number of aromatic nitrogens is 2. The fraction of sp³-hybridized carbons (Fsp3) is 0.143. The van der Waals surface area contributed by atoms with Crippen molar-refractivity contribution in [3.8, 4) is 0 Å². The Morgan fingerprint density at radius 1 is 1.43 bits per heavy atom. The molecule has 0 aliphatic rings. The van der Waals surface area contributed by atoms with Crippen LogP contribution in [0.3, 0.4) is 0 Å². The average Bonchev–Trinajstić information content (AvgIpc) is 2.16. The number of aliphatic carboxylic acids is 1. The van der Waals surface area contributed by atoms with E-state index in [-0.39, 0.29) is 5.82 Å². The number of carboxylic acid groups (broad SMARTS) is 1. The summed E-state index contributed by atoms with van der Waals surface area (Å²) in [6, 6.07) is -0.632. The molecule has 1 rings (SSSR count). The largest absolute Gasteiger partial charge is 0.480 e. The zero-order valence-corrected chi connectivity index (χ0v) is 7.10. The molecule has 14 heavy (non-hydrogen) atoms. The van der Waals surface area contributed by atoms with Crippen molar-refractivity contribution in [2.75, 3.05) is 11.9 Å². The summed E-state index contributed by atoms with van der Waals surface area (Å²) in [5, 5.41) is 12.7. The van der Waals surface area contributed by atoms with Crippen LogP contribution >= 0.6 is 0 Å². The van der Waals surface area contributed by atoms with Crippen LogP contribution in [0.25, 0.3) is 0 Å². The van der Waals surface area contributed by atoms with Gasteiger partial charge in [-0.15, -0.1) is 0 Å². The molecule has 0 bridgehead atoms. The van der Waals surface area contributed by atoms with Crippen LogP contribution in [0.4, 0.5) is 10.6 Å². The van der Waals surface area contributed by atoms with Gasteiger partial charge in [-0.25, -0.2) is 9.78 Å². The lowest BCUT2D eigenvalue weighted by atomic mass is 10.6. The Bertz CT molecular complexity index is 327. The maximum atomic E-state index is 11.0. The van der Waals surface area contributed by atoms with Crippen molar-refractivity contribution in [3.63, 3.8) is 0 Å². The quantitative estimate of drug-likeness (QED) is 0.614. The lowest BCUT2D eigenvalue weighted by Gasteiger charge is -2.03. The van der Waals surface area contributed by atoms with Gasteiger partial charge >= 0.3 is 12.0 Å². The molecule has 7 nitrogen and oxygen atoms in total. The third-order valence-corrected chi connectivity index (χ3v) is 1.20. The Balaban J connectivity index is 2.38. The Hall–Kier alpha value is -2.18. The number of carbonyl (C=O) groups excluding carboxylic acids is 1. The van der Waals surface area contributed by atoms with E-state index in [9.17, 15) is 9.59 Å². The zero-order chi connectivity index (χ0) is 10.4. The van der Waals surface area contributed by atoms with Crippen molar-refractivity contribution >= 4 is 17.8 Å². The summed E-state index contributed by atoms with van der Waals surface area (Å²) in [5.41, 5.74) is 0. The molecule has 0 unspecified atom stereocenters. The average molecular weight is 196 g/mol. The van der Waals surface area contributed by atoms with E-state index in [1.54, 1.807) is 0 Å². The summed E-state index contributed by atoms with van der Waals surface area (Å²) in [6.07, 6.45) is 4.22. The summed E-state index contributed by atoms with van der Waals surface area (Å²) in [6.45, 7) is -0.438. The van der Waals surface area contributed by atoms with Crippen LogP contribution in [0, 0.1) is 0 Å². The zero-order valence-electron chi connectivity index (χ0n) is 7.10. The topological polar surface area (TPSA) is 104 Å². The second kappa shape index (κ2) is 4.75. The van der Waals surface area contributed by atoms with Gasteiger partial charge in [-0.1, -0.05) is 0 Å². The number of hydrogen-bond donors (Lipinski definition) is 3. The molecule has 1 aromatic rings. The van der Waals surface area contributed by atoms with Crippen molar-refractivity contribution in [3.05, 3.63) is 18.6 Å². The highest BCUT2D eigenvalue weighted by molar-refractivity contribution is 5.90. The highest BCUT2D eigenvalue weighted by atomic mass is 16.4. The van der Waals surface area contributed by atoms with Gasteiger partial charge in [-0.05, 0) is 0 Å². The predicted octanol–water partition coefficient (Wildman–Crippen LogP) is -0.317. The normalized spacial score (nSPS) is 9.14. The molecule has 3 N–H and O–H groups in total. The minimum Gasteiger partial charge on any atom is -0.480 e. The number of hydrogen-bond acceptors (Lipinski definition) is 4. The van der Waals surface area contributed by atoms with Gasteiger partial charge in [-0.3, -0.25) is 15.1 Å². The summed E-state index contributed by atoms with van der Waals surface area (Å²) in [7, 11) is 0. The number of anilines is 1. The van der Waals surface area contributed by atoms with Crippen molar-refractivity contribution in [1.82, 2.24) is 15.3 Å².